The molecule has 12 nitrogen and oxygen atoms in total. The fourth-order valence-corrected chi connectivity index (χ4v) is 7.86. The van der Waals surface area contributed by atoms with E-state index < -0.39 is 23.8 Å². The van der Waals surface area contributed by atoms with Crippen LogP contribution in [0.4, 0.5) is 0 Å². The zero-order valence-electron chi connectivity index (χ0n) is 24.0. The molecule has 0 saturated heterocycles. The molecule has 0 radical (unpaired) electrons. The maximum Gasteiger partial charge on any atom is 0.307 e. The lowest BCUT2D eigenvalue weighted by molar-refractivity contribution is -0.528. The molecular weight excluding hydrogens is 534 g/mol. The molecule has 5 N–H and O–H groups in total. The van der Waals surface area contributed by atoms with Crippen LogP contribution in [0.5, 0.6) is 0 Å². The molecule has 0 spiro atoms. The summed E-state index contributed by atoms with van der Waals surface area (Å²) in [4.78, 5) is 45.7. The number of aliphatic hydroxyl groups excluding tert-OH is 1. The number of hydrogen-bond acceptors (Lipinski definition) is 9. The predicted molar refractivity (Wildman–Crippen MR) is 148 cm³/mol. The van der Waals surface area contributed by atoms with Gasteiger partial charge in [-0.15, -0.1) is 0 Å². The van der Waals surface area contributed by atoms with Gasteiger partial charge in [0.2, 0.25) is 11.9 Å². The third-order valence-electron chi connectivity index (χ3n) is 10.4. The summed E-state index contributed by atoms with van der Waals surface area (Å²) in [6.07, 6.45) is 11.7. The van der Waals surface area contributed by atoms with Crippen LogP contribution in [0.25, 0.3) is 0 Å². The lowest BCUT2D eigenvalue weighted by Crippen LogP contribution is -2.48. The molecule has 0 bridgehead atoms. The third kappa shape index (κ3) is 9.31. The van der Waals surface area contributed by atoms with E-state index in [-0.39, 0.29) is 60.7 Å². The lowest BCUT2D eigenvalue weighted by Gasteiger charge is -2.36. The average Bonchev–Trinajstić information content (AvgIpc) is 2.96. The highest BCUT2D eigenvalue weighted by Gasteiger charge is 2.44. The number of nitrogens with zero attached hydrogens (tertiary/aromatic N) is 1. The minimum atomic E-state index is -1.04. The Labute approximate surface area is 242 Å². The Bertz CT molecular complexity index is 860. The molecule has 0 aliphatic heterocycles. The molecule has 6 unspecified atom stereocenters. The summed E-state index contributed by atoms with van der Waals surface area (Å²) in [7, 11) is 0. The molecule has 41 heavy (non-hydrogen) atoms. The van der Waals surface area contributed by atoms with Crippen molar-refractivity contribution in [3.63, 3.8) is 0 Å². The smallest absolute Gasteiger partial charge is 0.307 e. The van der Waals surface area contributed by atoms with E-state index in [1.165, 1.54) is 6.42 Å². The van der Waals surface area contributed by atoms with E-state index >= 15 is 0 Å². The number of carboxylic acid groups (broad SMARTS) is 1. The van der Waals surface area contributed by atoms with Crippen LogP contribution in [0, 0.1) is 45.6 Å². The zero-order valence-corrected chi connectivity index (χ0v) is 24.0. The van der Waals surface area contributed by atoms with Gasteiger partial charge in [-0.2, -0.15) is 5.48 Å². The fourth-order valence-electron chi connectivity index (χ4n) is 7.86. The van der Waals surface area contributed by atoms with Crippen molar-refractivity contribution in [2.45, 2.75) is 121 Å². The summed E-state index contributed by atoms with van der Waals surface area (Å²) in [5, 5.41) is 42.6. The van der Waals surface area contributed by atoms with Gasteiger partial charge in [0.05, 0.1) is 31.2 Å². The number of carbonyl (C=O) groups excluding carboxylic acids is 1. The highest BCUT2D eigenvalue weighted by molar-refractivity contribution is 5.85. The van der Waals surface area contributed by atoms with E-state index in [1.807, 2.05) is 0 Å². The molecule has 0 aromatic heterocycles. The number of aliphatic hydroxyl groups is 1. The van der Waals surface area contributed by atoms with Gasteiger partial charge in [0.1, 0.15) is 0 Å². The highest BCUT2D eigenvalue weighted by Crippen LogP contribution is 2.37. The summed E-state index contributed by atoms with van der Waals surface area (Å²) < 4.78 is 0. The topological polar surface area (TPSA) is 180 Å². The predicted octanol–water partition coefficient (Wildman–Crippen LogP) is 3.54. The molecule has 4 fully saturated rings. The van der Waals surface area contributed by atoms with Gasteiger partial charge >= 0.3 is 5.97 Å². The standard InChI is InChI=1S/C29H49N3O9/c33-25-11-5-20(21(14-25)17-41-39)16-40-31-23-8-3-19(4-9-23)13-18-1-6-22(7-2-18)30-28(34)27-15-24(32(37)38)10-12-26(27)29(35)36/h18-27,31,33,39H,1-17H2,(H,30,34)(H,35,36). The molecule has 0 aromatic carbocycles. The molecular formula is C29H49N3O9. The SMILES string of the molecule is O=C(O)C1CCC([N+](=O)[O-])CC1C(=O)NC1CCC(CC2CCC(NOCC3CCC(O)CC3COO)CC2)CC1. The number of carboxylic acids is 1. The van der Waals surface area contributed by atoms with Gasteiger partial charge in [-0.3, -0.25) is 25.0 Å². The first-order valence-electron chi connectivity index (χ1n) is 15.7. The van der Waals surface area contributed by atoms with Crippen LogP contribution in [0.15, 0.2) is 0 Å². The van der Waals surface area contributed by atoms with Crippen LogP contribution in [0.3, 0.4) is 0 Å². The Morgan fingerprint density at radius 1 is 0.805 bits per heavy atom. The summed E-state index contributed by atoms with van der Waals surface area (Å²) >= 11 is 0. The number of aliphatic carboxylic acids is 1. The van der Waals surface area contributed by atoms with Gasteiger partial charge < -0.3 is 20.4 Å². The first-order chi connectivity index (χ1) is 19.7. The second kappa shape index (κ2) is 15.6. The molecule has 0 aromatic rings. The second-order valence-electron chi connectivity index (χ2n) is 13.2. The van der Waals surface area contributed by atoms with Crippen LogP contribution in [0.1, 0.15) is 96.3 Å². The normalized spacial score (nSPS) is 38.2. The minimum absolute atomic E-state index is 0.00236. The van der Waals surface area contributed by atoms with Crippen molar-refractivity contribution in [2.24, 2.45) is 35.5 Å². The monoisotopic (exact) mass is 583 g/mol. The van der Waals surface area contributed by atoms with Crippen LogP contribution < -0.4 is 10.8 Å². The first-order valence-corrected chi connectivity index (χ1v) is 15.7. The Balaban J connectivity index is 1.11. The maximum absolute atomic E-state index is 13.0. The van der Waals surface area contributed by atoms with E-state index in [0.29, 0.717) is 30.9 Å². The zero-order chi connectivity index (χ0) is 29.4. The van der Waals surface area contributed by atoms with Gasteiger partial charge in [0.25, 0.3) is 0 Å². The molecule has 234 valence electrons. The number of carbonyl (C=O) groups is 2. The van der Waals surface area contributed by atoms with E-state index in [9.17, 15) is 29.9 Å². The maximum atomic E-state index is 13.0. The number of nitro groups is 1. The van der Waals surface area contributed by atoms with Crippen LogP contribution >= 0.6 is 0 Å². The molecule has 0 heterocycles. The first kappa shape index (κ1) is 32.1. The molecule has 4 rings (SSSR count). The van der Waals surface area contributed by atoms with Crippen LogP contribution in [-0.4, -0.2) is 69.7 Å². The van der Waals surface area contributed by atoms with Crippen LogP contribution in [0.2, 0.25) is 0 Å². The minimum Gasteiger partial charge on any atom is -0.481 e. The van der Waals surface area contributed by atoms with Crippen molar-refractivity contribution in [3.05, 3.63) is 10.1 Å². The van der Waals surface area contributed by atoms with Crippen molar-refractivity contribution >= 4 is 11.9 Å². The lowest BCUT2D eigenvalue weighted by atomic mass is 9.75. The molecule has 12 heteroatoms. The number of amides is 1. The van der Waals surface area contributed by atoms with Gasteiger partial charge in [0.15, 0.2) is 0 Å². The third-order valence-corrected chi connectivity index (χ3v) is 10.4. The molecule has 4 saturated carbocycles. The molecule has 6 atom stereocenters. The van der Waals surface area contributed by atoms with Crippen molar-refractivity contribution < 1.29 is 39.7 Å². The molecule has 4 aliphatic rings. The quantitative estimate of drug-likeness (QED) is 0.129. The van der Waals surface area contributed by atoms with E-state index in [0.717, 1.165) is 64.2 Å². The van der Waals surface area contributed by atoms with Crippen molar-refractivity contribution in [3.8, 4) is 0 Å². The Kier molecular flexibility index (Phi) is 12.2. The highest BCUT2D eigenvalue weighted by atomic mass is 17.1. The van der Waals surface area contributed by atoms with Gasteiger partial charge in [-0.05, 0) is 107 Å². The van der Waals surface area contributed by atoms with Crippen molar-refractivity contribution in [2.75, 3.05) is 13.2 Å². The Hall–Kier alpha value is -1.86. The van der Waals surface area contributed by atoms with E-state index in [4.69, 9.17) is 10.1 Å². The van der Waals surface area contributed by atoms with Crippen molar-refractivity contribution in [1.82, 2.24) is 10.8 Å². The van der Waals surface area contributed by atoms with E-state index in [2.05, 4.69) is 15.7 Å². The van der Waals surface area contributed by atoms with Gasteiger partial charge in [-0.25, -0.2) is 4.89 Å². The van der Waals surface area contributed by atoms with E-state index in [1.54, 1.807) is 0 Å². The summed E-state index contributed by atoms with van der Waals surface area (Å²) in [5.41, 5.74) is 3.26. The molecule has 1 amide bonds. The fraction of sp³-hybridized carbons (Fsp3) is 0.931. The summed E-state index contributed by atoms with van der Waals surface area (Å²) in [6, 6.07) is -0.499. The Morgan fingerprint density at radius 3 is 2.07 bits per heavy atom. The summed E-state index contributed by atoms with van der Waals surface area (Å²) in [5.74, 6) is -1.40. The number of hydrogen-bond donors (Lipinski definition) is 5. The molecule has 4 aliphatic carbocycles. The van der Waals surface area contributed by atoms with Gasteiger partial charge in [0, 0.05) is 29.8 Å². The number of rotatable bonds is 12. The average molecular weight is 584 g/mol. The van der Waals surface area contributed by atoms with Crippen LogP contribution in [-0.2, 0) is 19.3 Å². The van der Waals surface area contributed by atoms with Gasteiger partial charge in [-0.1, -0.05) is 0 Å². The number of hydroxylamine groups is 1. The van der Waals surface area contributed by atoms with Crippen molar-refractivity contribution in [1.29, 1.82) is 0 Å². The largest absolute Gasteiger partial charge is 0.481 e. The summed E-state index contributed by atoms with van der Waals surface area (Å²) in [6.45, 7) is 0.773. The second-order valence-corrected chi connectivity index (χ2v) is 13.2. The Morgan fingerprint density at radius 2 is 1.46 bits per heavy atom. The number of nitrogens with one attached hydrogen (secondary N) is 2.